The first-order valence-electron chi connectivity index (χ1n) is 6.50. The Bertz CT molecular complexity index is 417. The quantitative estimate of drug-likeness (QED) is 0.874. The third kappa shape index (κ3) is 2.19. The van der Waals surface area contributed by atoms with E-state index in [1.165, 1.54) is 19.2 Å². The fraction of sp³-hybridized carbons (Fsp3) is 0.750. The van der Waals surface area contributed by atoms with Crippen molar-refractivity contribution in [1.29, 1.82) is 0 Å². The third-order valence-electron chi connectivity index (χ3n) is 4.16. The minimum absolute atomic E-state index is 0.115. The Morgan fingerprint density at radius 2 is 2.17 bits per heavy atom. The summed E-state index contributed by atoms with van der Waals surface area (Å²) in [6, 6.07) is -0.0229. The van der Waals surface area contributed by atoms with Crippen molar-refractivity contribution in [2.45, 2.75) is 38.6 Å². The maximum Gasteiger partial charge on any atom is 0.315 e. The predicted octanol–water partition coefficient (Wildman–Crippen LogP) is 1.27. The topological polar surface area (TPSA) is 71.3 Å². The molecule has 1 aliphatic heterocycles. The van der Waals surface area contributed by atoms with E-state index in [0.29, 0.717) is 11.4 Å². The van der Waals surface area contributed by atoms with E-state index in [0.717, 1.165) is 25.9 Å². The Hall–Kier alpha value is -1.59. The fourth-order valence-electron chi connectivity index (χ4n) is 2.63. The largest absolute Gasteiger partial charge is 0.411 e. The van der Waals surface area contributed by atoms with Crippen molar-refractivity contribution in [2.24, 2.45) is 5.41 Å². The molecule has 3 rings (SSSR count). The van der Waals surface area contributed by atoms with Gasteiger partial charge in [-0.05, 0) is 38.0 Å². The maximum absolute atomic E-state index is 12.2. The van der Waals surface area contributed by atoms with Gasteiger partial charge in [-0.1, -0.05) is 5.10 Å². The van der Waals surface area contributed by atoms with Crippen molar-refractivity contribution in [1.82, 2.24) is 15.1 Å². The van der Waals surface area contributed by atoms with E-state index in [1.807, 2.05) is 11.8 Å². The molecule has 18 heavy (non-hydrogen) atoms. The number of nitrogens with one attached hydrogen (secondary N) is 1. The summed E-state index contributed by atoms with van der Waals surface area (Å²) in [7, 11) is 0. The van der Waals surface area contributed by atoms with Crippen molar-refractivity contribution in [3.05, 3.63) is 6.39 Å². The van der Waals surface area contributed by atoms with Crippen LogP contribution in [-0.2, 0) is 4.79 Å². The fourth-order valence-corrected chi connectivity index (χ4v) is 2.63. The number of likely N-dealkylation sites (tertiary alicyclic amines) is 1. The molecule has 6 heteroatoms. The van der Waals surface area contributed by atoms with Crippen molar-refractivity contribution in [3.63, 3.8) is 0 Å². The summed E-state index contributed by atoms with van der Waals surface area (Å²) < 4.78 is 4.98. The Morgan fingerprint density at radius 1 is 1.44 bits per heavy atom. The van der Waals surface area contributed by atoms with Gasteiger partial charge in [0.05, 0.1) is 0 Å². The molecule has 1 aliphatic carbocycles. The van der Waals surface area contributed by atoms with Crippen LogP contribution in [0.2, 0.25) is 0 Å². The monoisotopic (exact) mass is 250 g/mol. The highest BCUT2D eigenvalue weighted by atomic mass is 16.4. The molecule has 2 aliphatic rings. The first kappa shape index (κ1) is 11.5. The maximum atomic E-state index is 12.2. The number of nitrogens with zero attached hydrogens (tertiary/aromatic N) is 3. The highest BCUT2D eigenvalue weighted by Gasteiger charge is 2.45. The molecule has 1 saturated heterocycles. The molecular formula is C12H18N4O2. The van der Waals surface area contributed by atoms with Crippen LogP contribution < -0.4 is 5.32 Å². The highest BCUT2D eigenvalue weighted by molar-refractivity contribution is 5.83. The number of piperidine rings is 1. The molecule has 1 aromatic heterocycles. The van der Waals surface area contributed by atoms with Crippen LogP contribution in [0.3, 0.4) is 0 Å². The summed E-state index contributed by atoms with van der Waals surface area (Å²) in [5.74, 6) is 0.115. The molecule has 6 nitrogen and oxygen atoms in total. The zero-order chi connectivity index (χ0) is 12.6. The van der Waals surface area contributed by atoms with Crippen molar-refractivity contribution in [2.75, 3.05) is 18.4 Å². The van der Waals surface area contributed by atoms with Gasteiger partial charge < -0.3 is 14.6 Å². The number of aromatic nitrogens is 2. The highest BCUT2D eigenvalue weighted by Crippen LogP contribution is 2.53. The van der Waals surface area contributed by atoms with Crippen LogP contribution in [0.25, 0.3) is 0 Å². The van der Waals surface area contributed by atoms with Gasteiger partial charge in [0.15, 0.2) is 0 Å². The molecule has 0 aromatic carbocycles. The number of hydrogen-bond donors (Lipinski definition) is 1. The van der Waals surface area contributed by atoms with Gasteiger partial charge in [0.25, 0.3) is 0 Å². The molecule has 2 fully saturated rings. The Morgan fingerprint density at radius 3 is 2.72 bits per heavy atom. The molecule has 2 heterocycles. The molecule has 1 amide bonds. The first-order chi connectivity index (χ1) is 8.69. The van der Waals surface area contributed by atoms with Gasteiger partial charge in [-0.15, -0.1) is 5.10 Å². The molecule has 0 bridgehead atoms. The zero-order valence-electron chi connectivity index (χ0n) is 10.6. The van der Waals surface area contributed by atoms with Crippen LogP contribution in [0, 0.1) is 5.41 Å². The van der Waals surface area contributed by atoms with E-state index >= 15 is 0 Å². The van der Waals surface area contributed by atoms with E-state index in [4.69, 9.17) is 4.42 Å². The number of hydrogen-bond acceptors (Lipinski definition) is 5. The van der Waals surface area contributed by atoms with Gasteiger partial charge in [0.1, 0.15) is 6.04 Å². The lowest BCUT2D eigenvalue weighted by atomic mass is 9.93. The van der Waals surface area contributed by atoms with Crippen LogP contribution in [0.5, 0.6) is 0 Å². The Labute approximate surface area is 106 Å². The average molecular weight is 250 g/mol. The molecule has 1 saturated carbocycles. The minimum Gasteiger partial charge on any atom is -0.411 e. The van der Waals surface area contributed by atoms with Crippen molar-refractivity contribution >= 4 is 11.9 Å². The summed E-state index contributed by atoms with van der Waals surface area (Å²) in [5.41, 5.74) is 0.597. The summed E-state index contributed by atoms with van der Waals surface area (Å²) in [6.45, 7) is 3.59. The normalized spacial score (nSPS) is 22.8. The minimum atomic E-state index is -0.321. The predicted molar refractivity (Wildman–Crippen MR) is 64.9 cm³/mol. The summed E-state index contributed by atoms with van der Waals surface area (Å²) in [5, 5.41) is 10.2. The third-order valence-corrected chi connectivity index (χ3v) is 4.16. The summed E-state index contributed by atoms with van der Waals surface area (Å²) >= 11 is 0. The zero-order valence-corrected chi connectivity index (χ0v) is 10.6. The number of carbonyl (C=O) groups is 1. The van der Waals surface area contributed by atoms with Crippen LogP contribution in [0.15, 0.2) is 10.8 Å². The van der Waals surface area contributed by atoms with E-state index in [9.17, 15) is 4.79 Å². The van der Waals surface area contributed by atoms with Crippen molar-refractivity contribution < 1.29 is 9.21 Å². The van der Waals surface area contributed by atoms with Crippen LogP contribution in [0.1, 0.15) is 32.6 Å². The number of rotatable bonds is 3. The molecule has 98 valence electrons. The summed E-state index contributed by atoms with van der Waals surface area (Å²) in [6.07, 6.45) is 6.27. The Kier molecular flexibility index (Phi) is 2.72. The Balaban J connectivity index is 1.54. The molecule has 1 aromatic rings. The number of carbonyl (C=O) groups excluding carboxylic acids is 1. The van der Waals surface area contributed by atoms with Gasteiger partial charge in [-0.25, -0.2) is 0 Å². The molecule has 1 spiro atoms. The van der Waals surface area contributed by atoms with Gasteiger partial charge >= 0.3 is 6.01 Å². The van der Waals surface area contributed by atoms with Crippen LogP contribution in [-0.4, -0.2) is 40.1 Å². The van der Waals surface area contributed by atoms with Crippen LogP contribution in [0.4, 0.5) is 6.01 Å². The summed E-state index contributed by atoms with van der Waals surface area (Å²) in [4.78, 5) is 14.2. The lowest BCUT2D eigenvalue weighted by molar-refractivity contribution is -0.133. The standard InChI is InChI=1S/C12H18N4O2/c1-9(14-11-15-13-8-18-11)10(17)16-6-4-12(2-3-12)5-7-16/h8-9H,2-7H2,1H3,(H,14,15). The van der Waals surface area contributed by atoms with Gasteiger partial charge in [-0.3, -0.25) is 4.79 Å². The molecular weight excluding hydrogens is 232 g/mol. The first-order valence-corrected chi connectivity index (χ1v) is 6.50. The molecule has 1 unspecified atom stereocenters. The number of amides is 1. The average Bonchev–Trinajstić information content (AvgIpc) is 2.93. The van der Waals surface area contributed by atoms with E-state index < -0.39 is 0 Å². The molecule has 0 radical (unpaired) electrons. The van der Waals surface area contributed by atoms with E-state index in [2.05, 4.69) is 15.5 Å². The second kappa shape index (κ2) is 4.26. The second-order valence-corrected chi connectivity index (χ2v) is 5.44. The van der Waals surface area contributed by atoms with Crippen molar-refractivity contribution in [3.8, 4) is 0 Å². The lowest BCUT2D eigenvalue weighted by Crippen LogP contribution is -2.45. The molecule has 1 N–H and O–H groups in total. The van der Waals surface area contributed by atoms with E-state index in [1.54, 1.807) is 0 Å². The van der Waals surface area contributed by atoms with Gasteiger partial charge in [0.2, 0.25) is 12.3 Å². The lowest BCUT2D eigenvalue weighted by Gasteiger charge is -2.33. The smallest absolute Gasteiger partial charge is 0.315 e. The van der Waals surface area contributed by atoms with Crippen LogP contribution >= 0.6 is 0 Å². The SMILES string of the molecule is CC(Nc1nnco1)C(=O)N1CCC2(CC1)CC2. The van der Waals surface area contributed by atoms with Gasteiger partial charge in [0, 0.05) is 13.1 Å². The second-order valence-electron chi connectivity index (χ2n) is 5.44. The van der Waals surface area contributed by atoms with Gasteiger partial charge in [-0.2, -0.15) is 0 Å². The molecule has 1 atom stereocenters. The van der Waals surface area contributed by atoms with E-state index in [-0.39, 0.29) is 11.9 Å². The number of anilines is 1.